The minimum atomic E-state index is -3.33. The highest BCUT2D eigenvalue weighted by atomic mass is 32.2. The molecule has 0 spiro atoms. The number of carbonyl (C=O) groups is 2. The molecule has 0 aliphatic carbocycles. The van der Waals surface area contributed by atoms with Crippen molar-refractivity contribution in [1.29, 1.82) is 0 Å². The van der Waals surface area contributed by atoms with E-state index in [0.29, 0.717) is 12.8 Å². The molecule has 1 fully saturated rings. The molecule has 1 aromatic rings. The number of sulfone groups is 1. The lowest BCUT2D eigenvalue weighted by Gasteiger charge is -2.21. The lowest BCUT2D eigenvalue weighted by Crippen LogP contribution is -2.42. The third-order valence-corrected chi connectivity index (χ3v) is 5.71. The molecule has 0 aromatic heterocycles. The summed E-state index contributed by atoms with van der Waals surface area (Å²) < 4.78 is 23.7. The zero-order chi connectivity index (χ0) is 15.5. The van der Waals surface area contributed by atoms with E-state index in [1.807, 2.05) is 0 Å². The maximum atomic E-state index is 12.0. The molecule has 0 bridgehead atoms. The molecule has 1 aliphatic rings. The number of aromatic carboxylic acids is 1. The largest absolute Gasteiger partial charge is 0.478 e. The smallest absolute Gasteiger partial charge is 0.335 e. The Morgan fingerprint density at radius 3 is 2.43 bits per heavy atom. The first kappa shape index (κ1) is 15.5. The SMILES string of the molecule is O=C(O)c1ccc(CNC(=O)C2CCCCS2(=O)=O)cc1. The molecule has 1 unspecified atom stereocenters. The zero-order valence-corrected chi connectivity index (χ0v) is 12.2. The summed E-state index contributed by atoms with van der Waals surface area (Å²) in [6.45, 7) is 0.185. The summed E-state index contributed by atoms with van der Waals surface area (Å²) in [6, 6.07) is 6.08. The first-order chi connectivity index (χ1) is 9.90. The van der Waals surface area contributed by atoms with Crippen LogP contribution < -0.4 is 5.32 Å². The summed E-state index contributed by atoms with van der Waals surface area (Å²) in [4.78, 5) is 22.7. The fourth-order valence-electron chi connectivity index (χ4n) is 2.32. The predicted octanol–water partition coefficient (Wildman–Crippen LogP) is 0.968. The molecule has 1 aromatic carbocycles. The van der Waals surface area contributed by atoms with Gasteiger partial charge < -0.3 is 10.4 Å². The predicted molar refractivity (Wildman–Crippen MR) is 76.7 cm³/mol. The molecule has 114 valence electrons. The summed E-state index contributed by atoms with van der Waals surface area (Å²) in [5, 5.41) is 10.4. The van der Waals surface area contributed by atoms with Gasteiger partial charge in [0, 0.05) is 6.54 Å². The van der Waals surface area contributed by atoms with Crippen molar-refractivity contribution in [3.8, 4) is 0 Å². The number of carboxylic acids is 1. The molecule has 1 aliphatic heterocycles. The number of rotatable bonds is 4. The number of hydrogen-bond donors (Lipinski definition) is 2. The van der Waals surface area contributed by atoms with Gasteiger partial charge in [-0.2, -0.15) is 0 Å². The first-order valence-corrected chi connectivity index (χ1v) is 8.43. The Bertz CT molecular complexity index is 636. The molecule has 1 amide bonds. The molecule has 21 heavy (non-hydrogen) atoms. The number of carbonyl (C=O) groups excluding carboxylic acids is 1. The van der Waals surface area contributed by atoms with E-state index in [9.17, 15) is 18.0 Å². The maximum Gasteiger partial charge on any atom is 0.335 e. The second kappa shape index (κ2) is 6.26. The van der Waals surface area contributed by atoms with Gasteiger partial charge in [-0.3, -0.25) is 4.79 Å². The average Bonchev–Trinajstić information content (AvgIpc) is 2.44. The number of hydrogen-bond acceptors (Lipinski definition) is 4. The Hall–Kier alpha value is -1.89. The van der Waals surface area contributed by atoms with Gasteiger partial charge in [0.15, 0.2) is 9.84 Å². The molecule has 1 heterocycles. The lowest BCUT2D eigenvalue weighted by atomic mass is 10.1. The lowest BCUT2D eigenvalue weighted by molar-refractivity contribution is -0.121. The Balaban J connectivity index is 1.96. The van der Waals surface area contributed by atoms with Crippen LogP contribution in [0.2, 0.25) is 0 Å². The van der Waals surface area contributed by atoms with E-state index in [1.165, 1.54) is 12.1 Å². The number of amides is 1. The van der Waals surface area contributed by atoms with Crippen molar-refractivity contribution in [3.05, 3.63) is 35.4 Å². The molecule has 2 N–H and O–H groups in total. The second-order valence-corrected chi connectivity index (χ2v) is 7.37. The highest BCUT2D eigenvalue weighted by molar-refractivity contribution is 7.92. The van der Waals surface area contributed by atoms with Crippen molar-refractivity contribution in [3.63, 3.8) is 0 Å². The van der Waals surface area contributed by atoms with Crippen LogP contribution in [-0.4, -0.2) is 36.4 Å². The fraction of sp³-hybridized carbons (Fsp3) is 0.429. The summed E-state index contributed by atoms with van der Waals surface area (Å²) in [5.74, 6) is -1.42. The van der Waals surface area contributed by atoms with Crippen LogP contribution in [0.25, 0.3) is 0 Å². The van der Waals surface area contributed by atoms with Crippen molar-refractivity contribution in [2.24, 2.45) is 0 Å². The van der Waals surface area contributed by atoms with Gasteiger partial charge in [0.05, 0.1) is 11.3 Å². The van der Waals surface area contributed by atoms with Gasteiger partial charge in [-0.05, 0) is 30.5 Å². The van der Waals surface area contributed by atoms with Crippen LogP contribution in [0.4, 0.5) is 0 Å². The Kier molecular flexibility index (Phi) is 4.62. The molecular formula is C14H17NO5S. The van der Waals surface area contributed by atoms with Crippen molar-refractivity contribution >= 4 is 21.7 Å². The Morgan fingerprint density at radius 2 is 1.86 bits per heavy atom. The number of nitrogens with one attached hydrogen (secondary N) is 1. The van der Waals surface area contributed by atoms with E-state index in [4.69, 9.17) is 5.11 Å². The highest BCUT2D eigenvalue weighted by Gasteiger charge is 2.34. The molecule has 7 heteroatoms. The normalized spacial score (nSPS) is 20.7. The molecule has 0 radical (unpaired) electrons. The Labute approximate surface area is 123 Å². The molecule has 1 atom stereocenters. The first-order valence-electron chi connectivity index (χ1n) is 6.71. The zero-order valence-electron chi connectivity index (χ0n) is 11.4. The molecule has 0 saturated carbocycles. The minimum absolute atomic E-state index is 0.0679. The van der Waals surface area contributed by atoms with Gasteiger partial charge in [0.1, 0.15) is 5.25 Å². The van der Waals surface area contributed by atoms with Crippen LogP contribution >= 0.6 is 0 Å². The van der Waals surface area contributed by atoms with E-state index in [-0.39, 0.29) is 17.9 Å². The van der Waals surface area contributed by atoms with E-state index >= 15 is 0 Å². The van der Waals surface area contributed by atoms with E-state index in [2.05, 4.69) is 5.32 Å². The summed E-state index contributed by atoms with van der Waals surface area (Å²) >= 11 is 0. The molecular weight excluding hydrogens is 294 g/mol. The van der Waals surface area contributed by atoms with Crippen LogP contribution in [0.3, 0.4) is 0 Å². The third-order valence-electron chi connectivity index (χ3n) is 3.54. The van der Waals surface area contributed by atoms with Crippen molar-refractivity contribution < 1.29 is 23.1 Å². The fourth-order valence-corrected chi connectivity index (χ4v) is 4.14. The molecule has 1 saturated heterocycles. The van der Waals surface area contributed by atoms with E-state index in [1.54, 1.807) is 12.1 Å². The summed E-state index contributed by atoms with van der Waals surface area (Å²) in [6.07, 6.45) is 1.72. The maximum absolute atomic E-state index is 12.0. The van der Waals surface area contributed by atoms with E-state index < -0.39 is 27.0 Å². The quantitative estimate of drug-likeness (QED) is 0.863. The summed E-state index contributed by atoms with van der Waals surface area (Å²) in [5.41, 5.74) is 0.890. The van der Waals surface area contributed by atoms with Gasteiger partial charge in [-0.25, -0.2) is 13.2 Å². The van der Waals surface area contributed by atoms with Crippen LogP contribution in [0.5, 0.6) is 0 Å². The average molecular weight is 311 g/mol. The summed E-state index contributed by atoms with van der Waals surface area (Å²) in [7, 11) is -3.33. The molecule has 2 rings (SSSR count). The third kappa shape index (κ3) is 3.81. The number of carboxylic acid groups (broad SMARTS) is 1. The second-order valence-electron chi connectivity index (χ2n) is 5.07. The van der Waals surface area contributed by atoms with E-state index in [0.717, 1.165) is 12.0 Å². The van der Waals surface area contributed by atoms with Gasteiger partial charge >= 0.3 is 5.97 Å². The standard InChI is InChI=1S/C14H17NO5S/c16-13(12-3-1-2-8-21(12,19)20)15-9-10-4-6-11(7-5-10)14(17)18/h4-7,12H,1-3,8-9H2,(H,15,16)(H,17,18). The van der Waals surface area contributed by atoms with Crippen LogP contribution in [-0.2, 0) is 21.2 Å². The Morgan fingerprint density at radius 1 is 1.19 bits per heavy atom. The van der Waals surface area contributed by atoms with Crippen molar-refractivity contribution in [1.82, 2.24) is 5.32 Å². The van der Waals surface area contributed by atoms with Crippen LogP contribution in [0.1, 0.15) is 35.2 Å². The van der Waals surface area contributed by atoms with Crippen molar-refractivity contribution in [2.75, 3.05) is 5.75 Å². The number of benzene rings is 1. The van der Waals surface area contributed by atoms with Gasteiger partial charge in [-0.1, -0.05) is 18.6 Å². The topological polar surface area (TPSA) is 101 Å². The van der Waals surface area contributed by atoms with Crippen LogP contribution in [0.15, 0.2) is 24.3 Å². The van der Waals surface area contributed by atoms with Gasteiger partial charge in [-0.15, -0.1) is 0 Å². The van der Waals surface area contributed by atoms with Gasteiger partial charge in [0.2, 0.25) is 5.91 Å². The highest BCUT2D eigenvalue weighted by Crippen LogP contribution is 2.19. The van der Waals surface area contributed by atoms with Crippen molar-refractivity contribution in [2.45, 2.75) is 31.1 Å². The monoisotopic (exact) mass is 311 g/mol. The van der Waals surface area contributed by atoms with Gasteiger partial charge in [0.25, 0.3) is 0 Å². The molecule has 6 nitrogen and oxygen atoms in total. The minimum Gasteiger partial charge on any atom is -0.478 e. The van der Waals surface area contributed by atoms with Crippen LogP contribution in [0, 0.1) is 0 Å².